The SMILES string of the molecule is O=C(NC(CCNCc1ccccn1)c1ccccc1)C1SCCN1S(=O)(=O)c1ccc(-c2ccccc2)cc1. The van der Waals surface area contributed by atoms with Gasteiger partial charge in [0.1, 0.15) is 5.37 Å². The molecule has 0 radical (unpaired) electrons. The van der Waals surface area contributed by atoms with Crippen LogP contribution >= 0.6 is 11.8 Å². The minimum Gasteiger partial charge on any atom is -0.347 e. The summed E-state index contributed by atoms with van der Waals surface area (Å²) in [7, 11) is -3.85. The standard InChI is InChI=1S/C31H32N4O3S2/c36-30(34-29(26-11-5-2-6-12-26)18-20-32-23-27-13-7-8-19-33-27)31-35(21-22-39-31)40(37,38)28-16-14-25(15-17-28)24-9-3-1-4-10-24/h1-17,19,29,31-32H,18,20-23H2,(H,34,36). The number of benzene rings is 3. The molecule has 9 heteroatoms. The number of nitrogens with zero attached hydrogens (tertiary/aromatic N) is 2. The van der Waals surface area contributed by atoms with Gasteiger partial charge in [-0.3, -0.25) is 9.78 Å². The average molecular weight is 573 g/mol. The molecule has 1 aromatic heterocycles. The highest BCUT2D eigenvalue weighted by molar-refractivity contribution is 8.02. The third-order valence-corrected chi connectivity index (χ3v) is 10.0. The van der Waals surface area contributed by atoms with E-state index >= 15 is 0 Å². The molecule has 7 nitrogen and oxygen atoms in total. The predicted molar refractivity (Wildman–Crippen MR) is 160 cm³/mol. The summed E-state index contributed by atoms with van der Waals surface area (Å²) in [6, 6.07) is 32.0. The number of aromatic nitrogens is 1. The molecule has 5 rings (SSSR count). The lowest BCUT2D eigenvalue weighted by atomic mass is 10.0. The predicted octanol–water partition coefficient (Wildman–Crippen LogP) is 4.85. The summed E-state index contributed by atoms with van der Waals surface area (Å²) in [5.74, 6) is 0.256. The van der Waals surface area contributed by atoms with Crippen molar-refractivity contribution in [3.8, 4) is 11.1 Å². The van der Waals surface area contributed by atoms with Gasteiger partial charge in [0, 0.05) is 25.0 Å². The van der Waals surface area contributed by atoms with Crippen molar-refractivity contribution < 1.29 is 13.2 Å². The fourth-order valence-electron chi connectivity index (χ4n) is 4.71. The Hall–Kier alpha value is -3.50. The normalized spacial score (nSPS) is 16.4. The lowest BCUT2D eigenvalue weighted by Crippen LogP contribution is -2.46. The van der Waals surface area contributed by atoms with Crippen LogP contribution in [0.15, 0.2) is 114 Å². The van der Waals surface area contributed by atoms with Crippen LogP contribution in [0.3, 0.4) is 0 Å². The smallest absolute Gasteiger partial charge is 0.249 e. The van der Waals surface area contributed by atoms with Gasteiger partial charge in [-0.2, -0.15) is 4.31 Å². The monoisotopic (exact) mass is 572 g/mol. The number of rotatable bonds is 11. The van der Waals surface area contributed by atoms with Gasteiger partial charge in [0.2, 0.25) is 15.9 Å². The van der Waals surface area contributed by atoms with E-state index in [1.54, 1.807) is 18.3 Å². The number of pyridine rings is 1. The number of nitrogens with one attached hydrogen (secondary N) is 2. The summed E-state index contributed by atoms with van der Waals surface area (Å²) < 4.78 is 28.6. The molecule has 1 aliphatic heterocycles. The highest BCUT2D eigenvalue weighted by Crippen LogP contribution is 2.32. The Labute approximate surface area is 240 Å². The lowest BCUT2D eigenvalue weighted by Gasteiger charge is -2.26. The van der Waals surface area contributed by atoms with E-state index in [1.165, 1.54) is 16.1 Å². The second-order valence-electron chi connectivity index (χ2n) is 9.49. The van der Waals surface area contributed by atoms with Gasteiger partial charge in [0.05, 0.1) is 16.6 Å². The van der Waals surface area contributed by atoms with Crippen LogP contribution in [-0.4, -0.2) is 47.8 Å². The van der Waals surface area contributed by atoms with Crippen LogP contribution in [0.4, 0.5) is 0 Å². The summed E-state index contributed by atoms with van der Waals surface area (Å²) in [6.45, 7) is 1.57. The van der Waals surface area contributed by atoms with Gasteiger partial charge in [0.25, 0.3) is 0 Å². The summed E-state index contributed by atoms with van der Waals surface area (Å²) in [4.78, 5) is 18.1. The Bertz CT molecular complexity index is 1490. The molecule has 2 heterocycles. The van der Waals surface area contributed by atoms with Gasteiger partial charge in [-0.1, -0.05) is 78.9 Å². The maximum atomic E-state index is 13.6. The second-order valence-corrected chi connectivity index (χ2v) is 12.6. The molecular weight excluding hydrogens is 541 g/mol. The zero-order valence-corrected chi connectivity index (χ0v) is 23.7. The van der Waals surface area contributed by atoms with Crippen molar-refractivity contribution in [2.45, 2.75) is 29.3 Å². The van der Waals surface area contributed by atoms with E-state index in [0.29, 0.717) is 25.3 Å². The molecule has 2 unspecified atom stereocenters. The first-order valence-corrected chi connectivity index (χ1v) is 15.8. The molecule has 206 valence electrons. The number of hydrogen-bond donors (Lipinski definition) is 2. The summed E-state index contributed by atoms with van der Waals surface area (Å²) in [5, 5.41) is 5.70. The van der Waals surface area contributed by atoms with Gasteiger partial charge in [0.15, 0.2) is 0 Å². The minimum absolute atomic E-state index is 0.186. The molecular formula is C31H32N4O3S2. The van der Waals surface area contributed by atoms with Crippen LogP contribution in [-0.2, 0) is 21.4 Å². The molecule has 1 amide bonds. The Morgan fingerprint density at radius 2 is 1.57 bits per heavy atom. The van der Waals surface area contributed by atoms with Gasteiger partial charge < -0.3 is 10.6 Å². The molecule has 40 heavy (non-hydrogen) atoms. The Morgan fingerprint density at radius 3 is 2.27 bits per heavy atom. The maximum absolute atomic E-state index is 13.6. The molecule has 1 fully saturated rings. The maximum Gasteiger partial charge on any atom is 0.249 e. The van der Waals surface area contributed by atoms with Crippen LogP contribution in [0.5, 0.6) is 0 Å². The first-order chi connectivity index (χ1) is 19.5. The number of thioether (sulfide) groups is 1. The first kappa shape index (κ1) is 28.0. The van der Waals surface area contributed by atoms with Gasteiger partial charge in [-0.25, -0.2) is 8.42 Å². The quantitative estimate of drug-likeness (QED) is 0.250. The number of hydrogen-bond acceptors (Lipinski definition) is 6. The average Bonchev–Trinajstić information content (AvgIpc) is 3.52. The number of amides is 1. The van der Waals surface area contributed by atoms with Crippen molar-refractivity contribution in [1.82, 2.24) is 19.9 Å². The minimum atomic E-state index is -3.85. The van der Waals surface area contributed by atoms with Crippen LogP contribution in [0.2, 0.25) is 0 Å². The Kier molecular flexibility index (Phi) is 9.28. The van der Waals surface area contributed by atoms with E-state index in [1.807, 2.05) is 91.0 Å². The third kappa shape index (κ3) is 6.79. The zero-order valence-electron chi connectivity index (χ0n) is 22.0. The van der Waals surface area contributed by atoms with Crippen LogP contribution < -0.4 is 10.6 Å². The third-order valence-electron chi connectivity index (χ3n) is 6.80. The zero-order chi connectivity index (χ0) is 27.8. The number of sulfonamides is 1. The number of carbonyl (C=O) groups is 1. The van der Waals surface area contributed by atoms with E-state index in [2.05, 4.69) is 15.6 Å². The molecule has 3 aromatic carbocycles. The van der Waals surface area contributed by atoms with Crippen molar-refractivity contribution in [3.05, 3.63) is 121 Å². The topological polar surface area (TPSA) is 91.4 Å². The summed E-state index contributed by atoms with van der Waals surface area (Å²) >= 11 is 1.35. The molecule has 0 bridgehead atoms. The van der Waals surface area contributed by atoms with Crippen molar-refractivity contribution in [1.29, 1.82) is 0 Å². The van der Waals surface area contributed by atoms with Crippen molar-refractivity contribution in [2.24, 2.45) is 0 Å². The van der Waals surface area contributed by atoms with Crippen molar-refractivity contribution >= 4 is 27.7 Å². The molecule has 0 saturated carbocycles. The van der Waals surface area contributed by atoms with Crippen LogP contribution in [0, 0.1) is 0 Å². The van der Waals surface area contributed by atoms with E-state index in [0.717, 1.165) is 22.4 Å². The van der Waals surface area contributed by atoms with E-state index in [-0.39, 0.29) is 23.4 Å². The lowest BCUT2D eigenvalue weighted by molar-refractivity contribution is -0.122. The largest absolute Gasteiger partial charge is 0.347 e. The first-order valence-electron chi connectivity index (χ1n) is 13.3. The van der Waals surface area contributed by atoms with Gasteiger partial charge in [-0.05, 0) is 53.9 Å². The van der Waals surface area contributed by atoms with Gasteiger partial charge in [-0.15, -0.1) is 11.8 Å². The molecule has 0 aliphatic carbocycles. The Balaban J connectivity index is 1.26. The fourth-order valence-corrected chi connectivity index (χ4v) is 7.79. The van der Waals surface area contributed by atoms with E-state index < -0.39 is 15.4 Å². The molecule has 1 aliphatic rings. The van der Waals surface area contributed by atoms with E-state index in [4.69, 9.17) is 0 Å². The highest BCUT2D eigenvalue weighted by atomic mass is 32.2. The van der Waals surface area contributed by atoms with Crippen molar-refractivity contribution in [3.63, 3.8) is 0 Å². The molecule has 0 spiro atoms. The van der Waals surface area contributed by atoms with E-state index in [9.17, 15) is 13.2 Å². The molecule has 1 saturated heterocycles. The van der Waals surface area contributed by atoms with Crippen LogP contribution in [0.1, 0.15) is 23.7 Å². The van der Waals surface area contributed by atoms with Crippen molar-refractivity contribution in [2.75, 3.05) is 18.8 Å². The van der Waals surface area contributed by atoms with Gasteiger partial charge >= 0.3 is 0 Å². The molecule has 2 atom stereocenters. The molecule has 2 N–H and O–H groups in total. The number of carbonyl (C=O) groups excluding carboxylic acids is 1. The summed E-state index contributed by atoms with van der Waals surface area (Å²) in [5.41, 5.74) is 3.88. The molecule has 4 aromatic rings. The van der Waals surface area contributed by atoms with Crippen LogP contribution in [0.25, 0.3) is 11.1 Å². The summed E-state index contributed by atoms with van der Waals surface area (Å²) in [6.07, 6.45) is 2.41. The highest BCUT2D eigenvalue weighted by Gasteiger charge is 2.40. The second kappa shape index (κ2) is 13.2. The fraction of sp³-hybridized carbons (Fsp3) is 0.226. The Morgan fingerprint density at radius 1 is 0.900 bits per heavy atom.